The maximum absolute atomic E-state index is 12.6. The van der Waals surface area contributed by atoms with E-state index in [1.807, 2.05) is 19.1 Å². The topological polar surface area (TPSA) is 37.4 Å². The summed E-state index contributed by atoms with van der Waals surface area (Å²) in [5, 5.41) is 0. The van der Waals surface area contributed by atoms with Gasteiger partial charge in [-0.25, -0.2) is 8.42 Å². The third-order valence-corrected chi connectivity index (χ3v) is 6.97. The first-order valence-electron chi connectivity index (χ1n) is 5.73. The number of hydrogen-bond acceptors (Lipinski definition) is 2. The molecular weight excluding hydrogens is 476 g/mol. The lowest BCUT2D eigenvalue weighted by Crippen LogP contribution is -2.36. The average Bonchev–Trinajstić information content (AvgIpc) is 2.72. The molecule has 0 saturated carbocycles. The van der Waals surface area contributed by atoms with Crippen LogP contribution in [-0.4, -0.2) is 33.7 Å². The first-order chi connectivity index (χ1) is 8.45. The molecule has 1 heterocycles. The fourth-order valence-corrected chi connectivity index (χ4v) is 6.17. The molecule has 1 saturated heterocycles. The molecule has 0 spiro atoms. The summed E-state index contributed by atoms with van der Waals surface area (Å²) in [6.07, 6.45) is 0.953. The van der Waals surface area contributed by atoms with Gasteiger partial charge in [-0.1, -0.05) is 62.9 Å². The van der Waals surface area contributed by atoms with Crippen LogP contribution in [0.25, 0.3) is 0 Å². The maximum atomic E-state index is 12.6. The molecule has 1 aromatic carbocycles. The second kappa shape index (κ2) is 5.92. The van der Waals surface area contributed by atoms with E-state index in [-0.39, 0.29) is 6.04 Å². The molecule has 0 aliphatic carbocycles. The monoisotopic (exact) mass is 491 g/mol. The van der Waals surface area contributed by atoms with Crippen molar-refractivity contribution in [3.05, 3.63) is 29.8 Å². The van der Waals surface area contributed by atoms with Crippen molar-refractivity contribution in [1.29, 1.82) is 0 Å². The Morgan fingerprint density at radius 1 is 1.33 bits per heavy atom. The number of sulfonamides is 1. The van der Waals surface area contributed by atoms with Crippen LogP contribution in [0.1, 0.15) is 12.0 Å². The highest BCUT2D eigenvalue weighted by atomic mass is 127. The number of rotatable bonds is 3. The summed E-state index contributed by atoms with van der Waals surface area (Å²) < 4.78 is 28.1. The van der Waals surface area contributed by atoms with E-state index in [0.29, 0.717) is 15.4 Å². The van der Waals surface area contributed by atoms with Gasteiger partial charge >= 0.3 is 0 Å². The summed E-state index contributed by atoms with van der Waals surface area (Å²) in [6.45, 7) is 2.59. The molecule has 0 bridgehead atoms. The molecule has 0 radical (unpaired) electrons. The largest absolute Gasteiger partial charge is 0.243 e. The van der Waals surface area contributed by atoms with Gasteiger partial charge in [0, 0.05) is 20.9 Å². The minimum Gasteiger partial charge on any atom is -0.207 e. The van der Waals surface area contributed by atoms with Gasteiger partial charge in [-0.15, -0.1) is 0 Å². The molecule has 0 aromatic heterocycles. The molecule has 1 aliphatic heterocycles. The zero-order valence-electron chi connectivity index (χ0n) is 10.0. The van der Waals surface area contributed by atoms with Crippen LogP contribution in [0.3, 0.4) is 0 Å². The van der Waals surface area contributed by atoms with Gasteiger partial charge in [-0.3, -0.25) is 0 Å². The number of benzene rings is 1. The van der Waals surface area contributed by atoms with E-state index < -0.39 is 10.0 Å². The van der Waals surface area contributed by atoms with Crippen LogP contribution in [0.2, 0.25) is 0 Å². The van der Waals surface area contributed by atoms with E-state index in [2.05, 4.69) is 45.2 Å². The van der Waals surface area contributed by atoms with Crippen LogP contribution in [0.4, 0.5) is 0 Å². The van der Waals surface area contributed by atoms with E-state index in [0.717, 1.165) is 16.4 Å². The van der Waals surface area contributed by atoms with Crippen molar-refractivity contribution >= 4 is 55.2 Å². The lowest BCUT2D eigenvalue weighted by Gasteiger charge is -2.22. The summed E-state index contributed by atoms with van der Waals surface area (Å²) in [5.41, 5.74) is 1.08. The maximum Gasteiger partial charge on any atom is 0.243 e. The summed E-state index contributed by atoms with van der Waals surface area (Å²) in [4.78, 5) is 0.411. The quantitative estimate of drug-likeness (QED) is 0.482. The van der Waals surface area contributed by atoms with Crippen LogP contribution in [0, 0.1) is 6.92 Å². The lowest BCUT2D eigenvalue weighted by molar-refractivity contribution is 0.415. The van der Waals surface area contributed by atoms with Crippen LogP contribution in [-0.2, 0) is 10.0 Å². The molecule has 1 fully saturated rings. The first kappa shape index (κ1) is 15.0. The molecule has 18 heavy (non-hydrogen) atoms. The van der Waals surface area contributed by atoms with Crippen LogP contribution < -0.4 is 0 Å². The Balaban J connectivity index is 2.33. The first-order valence-corrected chi connectivity index (χ1v) is 9.95. The molecule has 0 N–H and O–H groups in total. The summed E-state index contributed by atoms with van der Waals surface area (Å²) in [6, 6.07) is 7.25. The van der Waals surface area contributed by atoms with Crippen molar-refractivity contribution in [2.75, 3.05) is 11.0 Å². The normalized spacial score (nSPS) is 25.5. The van der Waals surface area contributed by atoms with Gasteiger partial charge in [-0.05, 0) is 25.5 Å². The van der Waals surface area contributed by atoms with Gasteiger partial charge in [-0.2, -0.15) is 4.31 Å². The Labute approximate surface area is 136 Å². The molecule has 6 heteroatoms. The van der Waals surface area contributed by atoms with E-state index >= 15 is 0 Å². The Hall–Kier alpha value is 0.590. The third kappa shape index (κ3) is 3.01. The van der Waals surface area contributed by atoms with Gasteiger partial charge < -0.3 is 0 Å². The smallest absolute Gasteiger partial charge is 0.207 e. The van der Waals surface area contributed by atoms with Crippen molar-refractivity contribution in [2.45, 2.75) is 28.2 Å². The van der Waals surface area contributed by atoms with Gasteiger partial charge in [0.1, 0.15) is 0 Å². The minimum absolute atomic E-state index is 0.138. The minimum atomic E-state index is -3.33. The third-order valence-electron chi connectivity index (χ3n) is 3.12. The van der Waals surface area contributed by atoms with E-state index in [9.17, 15) is 8.42 Å². The Kier molecular flexibility index (Phi) is 4.93. The molecule has 1 aromatic rings. The zero-order valence-corrected chi connectivity index (χ0v) is 15.1. The van der Waals surface area contributed by atoms with Crippen molar-refractivity contribution in [3.8, 4) is 0 Å². The standard InChI is InChI=1S/C12H15I2NO2S/c1-9-2-4-12(5-3-9)18(16,17)15-8-10(14)6-11(15)7-13/h2-5,10-11H,6-8H2,1H3/t10-,11+/m1/s1. The van der Waals surface area contributed by atoms with Crippen LogP contribution >= 0.6 is 45.2 Å². The van der Waals surface area contributed by atoms with Gasteiger partial charge in [0.25, 0.3) is 0 Å². The SMILES string of the molecule is Cc1ccc(S(=O)(=O)N2C[C@H](I)C[C@H]2CI)cc1. The van der Waals surface area contributed by atoms with Crippen LogP contribution in [0.15, 0.2) is 29.2 Å². The summed E-state index contributed by atoms with van der Waals surface area (Å²) in [5.74, 6) is 0. The Bertz CT molecular complexity index is 515. The molecule has 2 rings (SSSR count). The van der Waals surface area contributed by atoms with E-state index in [1.165, 1.54) is 0 Å². The number of nitrogens with zero attached hydrogens (tertiary/aromatic N) is 1. The Morgan fingerprint density at radius 3 is 2.50 bits per heavy atom. The van der Waals surface area contributed by atoms with Crippen molar-refractivity contribution < 1.29 is 8.42 Å². The predicted octanol–water partition coefficient (Wildman–Crippen LogP) is 3.00. The molecule has 1 aliphatic rings. The second-order valence-electron chi connectivity index (χ2n) is 4.53. The fourth-order valence-electron chi connectivity index (χ4n) is 2.11. The highest BCUT2D eigenvalue weighted by Crippen LogP contribution is 2.30. The van der Waals surface area contributed by atoms with E-state index in [1.54, 1.807) is 16.4 Å². The summed E-state index contributed by atoms with van der Waals surface area (Å²) >= 11 is 4.61. The molecule has 3 nitrogen and oxygen atoms in total. The molecule has 0 amide bonds. The van der Waals surface area contributed by atoms with Gasteiger partial charge in [0.05, 0.1) is 4.90 Å². The van der Waals surface area contributed by atoms with Crippen LogP contribution in [0.5, 0.6) is 0 Å². The second-order valence-corrected chi connectivity index (χ2v) is 9.06. The van der Waals surface area contributed by atoms with Gasteiger partial charge in [0.2, 0.25) is 10.0 Å². The van der Waals surface area contributed by atoms with E-state index in [4.69, 9.17) is 0 Å². The zero-order chi connectivity index (χ0) is 13.3. The number of hydrogen-bond donors (Lipinski definition) is 0. The average molecular weight is 491 g/mol. The molecule has 0 unspecified atom stereocenters. The molecule has 100 valence electrons. The molecular formula is C12H15I2NO2S. The number of alkyl halides is 2. The van der Waals surface area contributed by atoms with Gasteiger partial charge in [0.15, 0.2) is 0 Å². The highest BCUT2D eigenvalue weighted by Gasteiger charge is 2.38. The molecule has 2 atom stereocenters. The Morgan fingerprint density at radius 2 is 1.94 bits per heavy atom. The lowest BCUT2D eigenvalue weighted by atomic mass is 10.2. The number of aryl methyl sites for hydroxylation is 1. The van der Waals surface area contributed by atoms with Crippen molar-refractivity contribution in [1.82, 2.24) is 4.31 Å². The summed E-state index contributed by atoms with van der Waals surface area (Å²) in [7, 11) is -3.33. The van der Waals surface area contributed by atoms with Crippen molar-refractivity contribution in [3.63, 3.8) is 0 Å². The number of halogens is 2. The predicted molar refractivity (Wildman–Crippen MR) is 90.2 cm³/mol. The highest BCUT2D eigenvalue weighted by molar-refractivity contribution is 14.1. The fraction of sp³-hybridized carbons (Fsp3) is 0.500. The van der Waals surface area contributed by atoms with Crippen molar-refractivity contribution in [2.24, 2.45) is 0 Å².